The molecule has 26 heavy (non-hydrogen) atoms. The number of amides is 2. The third kappa shape index (κ3) is 2.38. The first kappa shape index (κ1) is 16.1. The average molecular weight is 351 g/mol. The van der Waals surface area contributed by atoms with Gasteiger partial charge in [-0.05, 0) is 24.1 Å². The van der Waals surface area contributed by atoms with E-state index in [-0.39, 0.29) is 16.9 Å². The molecule has 1 aliphatic rings. The highest BCUT2D eigenvalue weighted by atomic mass is 16.2. The number of fused-ring (bicyclic) bond motifs is 2. The minimum absolute atomic E-state index is 0.00980. The van der Waals surface area contributed by atoms with E-state index in [2.05, 4.69) is 29.1 Å². The van der Waals surface area contributed by atoms with Gasteiger partial charge in [0.25, 0.3) is 17.4 Å². The second-order valence-corrected chi connectivity index (χ2v) is 6.76. The molecule has 0 aliphatic carbocycles. The number of rotatable bonds is 3. The van der Waals surface area contributed by atoms with Crippen molar-refractivity contribution in [2.24, 2.45) is 5.92 Å². The Morgan fingerprint density at radius 2 is 1.92 bits per heavy atom. The molecule has 0 saturated heterocycles. The predicted octanol–water partition coefficient (Wildman–Crippen LogP) is 1.38. The average Bonchev–Trinajstić information content (AvgIpc) is 3.06. The van der Waals surface area contributed by atoms with E-state index >= 15 is 0 Å². The van der Waals surface area contributed by atoms with Crippen LogP contribution in [0.25, 0.3) is 16.7 Å². The summed E-state index contributed by atoms with van der Waals surface area (Å²) < 4.78 is 1.22. The Morgan fingerprint density at radius 1 is 1.15 bits per heavy atom. The van der Waals surface area contributed by atoms with Crippen LogP contribution in [0.4, 0.5) is 5.82 Å². The number of benzene rings is 1. The number of anilines is 1. The number of carbonyl (C=O) groups is 2. The molecule has 8 heteroatoms. The zero-order valence-corrected chi connectivity index (χ0v) is 14.3. The standard InChI is InChI=1S/C18H17N5O3/c1-8(2)5-13-20-11-4-3-9(6-12(11)21-13)23-14(24)7-10-15(16(23)19)18(26)22-17(10)25/h3-4,6-8H,5,19H2,1-2H3,(H,20,21)(H,22,25,26). The van der Waals surface area contributed by atoms with E-state index in [9.17, 15) is 14.4 Å². The number of pyridine rings is 1. The van der Waals surface area contributed by atoms with Gasteiger partial charge in [0, 0.05) is 12.5 Å². The summed E-state index contributed by atoms with van der Waals surface area (Å²) in [6.45, 7) is 4.21. The quantitative estimate of drug-likeness (QED) is 0.615. The number of aromatic amines is 1. The number of hydrogen-bond acceptors (Lipinski definition) is 5. The Morgan fingerprint density at radius 3 is 2.65 bits per heavy atom. The Bertz CT molecular complexity index is 1140. The summed E-state index contributed by atoms with van der Waals surface area (Å²) in [5.74, 6) is 0.0611. The van der Waals surface area contributed by atoms with Gasteiger partial charge in [0.1, 0.15) is 11.6 Å². The number of imide groups is 1. The van der Waals surface area contributed by atoms with Crippen molar-refractivity contribution in [2.45, 2.75) is 20.3 Å². The highest BCUT2D eigenvalue weighted by Crippen LogP contribution is 2.24. The minimum atomic E-state index is -0.608. The Hall–Kier alpha value is -3.42. The molecule has 3 aromatic rings. The van der Waals surface area contributed by atoms with E-state index in [1.165, 1.54) is 4.57 Å². The topological polar surface area (TPSA) is 123 Å². The lowest BCUT2D eigenvalue weighted by molar-refractivity contribution is 0.0880. The summed E-state index contributed by atoms with van der Waals surface area (Å²) in [4.78, 5) is 44.0. The molecule has 0 radical (unpaired) electrons. The van der Waals surface area contributed by atoms with E-state index in [4.69, 9.17) is 5.73 Å². The summed E-state index contributed by atoms with van der Waals surface area (Å²) in [5, 5.41) is 2.15. The van der Waals surface area contributed by atoms with Crippen molar-refractivity contribution in [3.8, 4) is 5.69 Å². The molecule has 4 rings (SSSR count). The van der Waals surface area contributed by atoms with E-state index in [0.717, 1.165) is 29.3 Å². The minimum Gasteiger partial charge on any atom is -0.384 e. The number of aromatic nitrogens is 3. The van der Waals surface area contributed by atoms with Crippen LogP contribution in [-0.4, -0.2) is 26.3 Å². The molecule has 132 valence electrons. The first-order valence-electron chi connectivity index (χ1n) is 8.25. The van der Waals surface area contributed by atoms with Crippen LogP contribution in [0, 0.1) is 5.92 Å². The number of nitrogens with two attached hydrogens (primary N) is 1. The van der Waals surface area contributed by atoms with Gasteiger partial charge in [-0.3, -0.25) is 24.3 Å². The summed E-state index contributed by atoms with van der Waals surface area (Å²) in [6, 6.07) is 6.38. The molecule has 8 nitrogen and oxygen atoms in total. The highest BCUT2D eigenvalue weighted by molar-refractivity contribution is 6.23. The normalized spacial score (nSPS) is 13.5. The maximum Gasteiger partial charge on any atom is 0.262 e. The van der Waals surface area contributed by atoms with Gasteiger partial charge >= 0.3 is 0 Å². The lowest BCUT2D eigenvalue weighted by Gasteiger charge is -2.11. The summed E-state index contributed by atoms with van der Waals surface area (Å²) in [6.07, 6.45) is 0.813. The summed E-state index contributed by atoms with van der Waals surface area (Å²) in [7, 11) is 0. The third-order valence-corrected chi connectivity index (χ3v) is 4.33. The number of imidazole rings is 1. The van der Waals surface area contributed by atoms with Crippen molar-refractivity contribution in [3.05, 3.63) is 51.6 Å². The van der Waals surface area contributed by atoms with Crippen molar-refractivity contribution in [1.82, 2.24) is 19.9 Å². The van der Waals surface area contributed by atoms with Crippen LogP contribution in [0.3, 0.4) is 0 Å². The zero-order valence-electron chi connectivity index (χ0n) is 14.3. The third-order valence-electron chi connectivity index (χ3n) is 4.33. The van der Waals surface area contributed by atoms with Crippen molar-refractivity contribution in [2.75, 3.05) is 5.73 Å². The van der Waals surface area contributed by atoms with E-state index in [1.54, 1.807) is 18.2 Å². The van der Waals surface area contributed by atoms with E-state index in [0.29, 0.717) is 11.6 Å². The molecule has 1 aromatic carbocycles. The molecule has 3 heterocycles. The highest BCUT2D eigenvalue weighted by Gasteiger charge is 2.31. The maximum atomic E-state index is 12.5. The van der Waals surface area contributed by atoms with Gasteiger partial charge in [0.05, 0.1) is 27.8 Å². The van der Waals surface area contributed by atoms with Crippen LogP contribution in [0.2, 0.25) is 0 Å². The van der Waals surface area contributed by atoms with Crippen molar-refractivity contribution in [3.63, 3.8) is 0 Å². The smallest absolute Gasteiger partial charge is 0.262 e. The molecule has 0 bridgehead atoms. The molecule has 4 N–H and O–H groups in total. The number of carbonyl (C=O) groups excluding carboxylic acids is 2. The van der Waals surface area contributed by atoms with Crippen molar-refractivity contribution < 1.29 is 9.59 Å². The molecular weight excluding hydrogens is 334 g/mol. The molecule has 0 atom stereocenters. The fourth-order valence-corrected chi connectivity index (χ4v) is 3.22. The Balaban J connectivity index is 1.88. The number of nitrogens with one attached hydrogen (secondary N) is 2. The van der Waals surface area contributed by atoms with Crippen LogP contribution in [0.1, 0.15) is 40.4 Å². The monoisotopic (exact) mass is 351 g/mol. The zero-order chi connectivity index (χ0) is 18.6. The van der Waals surface area contributed by atoms with E-state index < -0.39 is 17.4 Å². The lowest BCUT2D eigenvalue weighted by Crippen LogP contribution is -2.24. The predicted molar refractivity (Wildman–Crippen MR) is 96.4 cm³/mol. The molecule has 2 aromatic heterocycles. The lowest BCUT2D eigenvalue weighted by atomic mass is 10.1. The van der Waals surface area contributed by atoms with Gasteiger partial charge in [-0.15, -0.1) is 0 Å². The van der Waals surface area contributed by atoms with Crippen LogP contribution in [0.5, 0.6) is 0 Å². The SMILES string of the molecule is CC(C)Cc1nc2ccc(-n3c(N)c4c(cc3=O)C(=O)NC4=O)cc2[nH]1. The van der Waals surface area contributed by atoms with Crippen LogP contribution < -0.4 is 16.6 Å². The van der Waals surface area contributed by atoms with E-state index in [1.807, 2.05) is 0 Å². The van der Waals surface area contributed by atoms with Gasteiger partial charge in [-0.2, -0.15) is 0 Å². The fourth-order valence-electron chi connectivity index (χ4n) is 3.22. The Labute approximate surface area is 148 Å². The van der Waals surface area contributed by atoms with Gasteiger partial charge < -0.3 is 10.7 Å². The Kier molecular flexibility index (Phi) is 3.43. The van der Waals surface area contributed by atoms with Crippen molar-refractivity contribution in [1.29, 1.82) is 0 Å². The van der Waals surface area contributed by atoms with Crippen LogP contribution >= 0.6 is 0 Å². The molecule has 2 amide bonds. The molecule has 0 saturated carbocycles. The van der Waals surface area contributed by atoms with Gasteiger partial charge in [0.2, 0.25) is 0 Å². The van der Waals surface area contributed by atoms with Gasteiger partial charge in [-0.1, -0.05) is 13.8 Å². The molecular formula is C18H17N5O3. The number of H-pyrrole nitrogens is 1. The number of nitrogen functional groups attached to an aromatic ring is 1. The molecule has 0 fully saturated rings. The van der Waals surface area contributed by atoms with Crippen LogP contribution in [-0.2, 0) is 6.42 Å². The number of nitrogens with zero attached hydrogens (tertiary/aromatic N) is 2. The van der Waals surface area contributed by atoms with Gasteiger partial charge in [-0.25, -0.2) is 4.98 Å². The largest absolute Gasteiger partial charge is 0.384 e. The summed E-state index contributed by atoms with van der Waals surface area (Å²) in [5.41, 5.74) is 7.66. The second-order valence-electron chi connectivity index (χ2n) is 6.76. The first-order valence-corrected chi connectivity index (χ1v) is 8.25. The van der Waals surface area contributed by atoms with Gasteiger partial charge in [0.15, 0.2) is 0 Å². The number of hydrogen-bond donors (Lipinski definition) is 3. The first-order chi connectivity index (χ1) is 12.3. The van der Waals surface area contributed by atoms with Crippen molar-refractivity contribution >= 4 is 28.7 Å². The summed E-state index contributed by atoms with van der Waals surface area (Å²) >= 11 is 0. The molecule has 0 spiro atoms. The fraction of sp³-hybridized carbons (Fsp3) is 0.222. The molecule has 1 aliphatic heterocycles. The van der Waals surface area contributed by atoms with Crippen LogP contribution in [0.15, 0.2) is 29.1 Å². The second kappa shape index (κ2) is 5.55. The molecule has 0 unspecified atom stereocenters. The maximum absolute atomic E-state index is 12.5.